The lowest BCUT2D eigenvalue weighted by molar-refractivity contribution is 0.373. The van der Waals surface area contributed by atoms with Crippen LogP contribution < -0.4 is 5.73 Å². The molecule has 8 heteroatoms. The van der Waals surface area contributed by atoms with Crippen molar-refractivity contribution in [2.24, 2.45) is 5.73 Å². The molecule has 3 aromatic heterocycles. The normalized spacial score (nSPS) is 19.0. The Morgan fingerprint density at radius 2 is 1.85 bits per heavy atom. The zero-order chi connectivity index (χ0) is 17.9. The molecule has 2 N–H and O–H groups in total. The highest BCUT2D eigenvalue weighted by atomic mass is 35.5. The minimum absolute atomic E-state index is 0. The van der Waals surface area contributed by atoms with Crippen LogP contribution in [0.5, 0.6) is 0 Å². The Bertz CT molecular complexity index is 970. The Morgan fingerprint density at radius 1 is 1.11 bits per heavy atom. The molecule has 0 aromatic carbocycles. The van der Waals surface area contributed by atoms with Gasteiger partial charge in [0.15, 0.2) is 5.82 Å². The first-order chi connectivity index (χ1) is 12.5. The molecule has 2 fully saturated rings. The summed E-state index contributed by atoms with van der Waals surface area (Å²) < 4.78 is 11.2. The van der Waals surface area contributed by atoms with Crippen LogP contribution in [-0.4, -0.2) is 20.3 Å². The minimum atomic E-state index is -0.470. The van der Waals surface area contributed by atoms with E-state index in [9.17, 15) is 0 Å². The van der Waals surface area contributed by atoms with Gasteiger partial charge in [0, 0.05) is 11.6 Å². The molecule has 0 spiro atoms. The SMILES string of the molecule is CC(C)c1noc2nc(C3CC3)cc(-c3nc(C4(N)CCCC4)no3)c12.Cl. The van der Waals surface area contributed by atoms with Crippen LogP contribution in [0.4, 0.5) is 0 Å². The second-order valence-corrected chi connectivity index (χ2v) is 8.06. The molecule has 0 aliphatic heterocycles. The first-order valence-corrected chi connectivity index (χ1v) is 9.49. The fraction of sp³-hybridized carbons (Fsp3) is 0.579. The van der Waals surface area contributed by atoms with E-state index in [1.54, 1.807) is 0 Å². The highest BCUT2D eigenvalue weighted by molar-refractivity contribution is 5.92. The lowest BCUT2D eigenvalue weighted by Gasteiger charge is -2.17. The third-order valence-electron chi connectivity index (χ3n) is 5.63. The topological polar surface area (TPSA) is 104 Å². The van der Waals surface area contributed by atoms with Crippen LogP contribution in [0.3, 0.4) is 0 Å². The fourth-order valence-corrected chi connectivity index (χ4v) is 3.91. The molecule has 0 radical (unpaired) electrons. The van der Waals surface area contributed by atoms with E-state index in [-0.39, 0.29) is 18.3 Å². The van der Waals surface area contributed by atoms with Crippen molar-refractivity contribution in [3.8, 4) is 11.5 Å². The number of hydrogen-bond acceptors (Lipinski definition) is 7. The lowest BCUT2D eigenvalue weighted by Crippen LogP contribution is -2.34. The van der Waals surface area contributed by atoms with Crippen LogP contribution in [0.2, 0.25) is 0 Å². The summed E-state index contributed by atoms with van der Waals surface area (Å²) in [4.78, 5) is 9.37. The maximum Gasteiger partial charge on any atom is 0.259 e. The summed E-state index contributed by atoms with van der Waals surface area (Å²) in [6.45, 7) is 4.17. The fourth-order valence-electron chi connectivity index (χ4n) is 3.91. The maximum atomic E-state index is 6.50. The van der Waals surface area contributed by atoms with Gasteiger partial charge in [-0.2, -0.15) is 4.98 Å². The van der Waals surface area contributed by atoms with E-state index in [4.69, 9.17) is 14.8 Å². The van der Waals surface area contributed by atoms with Gasteiger partial charge >= 0.3 is 0 Å². The number of aromatic nitrogens is 4. The Kier molecular flexibility index (Phi) is 4.47. The molecule has 0 atom stereocenters. The van der Waals surface area contributed by atoms with Crippen molar-refractivity contribution in [1.29, 1.82) is 0 Å². The maximum absolute atomic E-state index is 6.50. The van der Waals surface area contributed by atoms with Gasteiger partial charge in [-0.1, -0.05) is 37.0 Å². The van der Waals surface area contributed by atoms with Crippen molar-refractivity contribution in [3.05, 3.63) is 23.3 Å². The average Bonchev–Trinajstić information content (AvgIpc) is 3.02. The van der Waals surface area contributed by atoms with Crippen molar-refractivity contribution >= 4 is 23.5 Å². The van der Waals surface area contributed by atoms with Crippen molar-refractivity contribution in [2.75, 3.05) is 0 Å². The Hall–Kier alpha value is -1.99. The van der Waals surface area contributed by atoms with Crippen molar-refractivity contribution in [3.63, 3.8) is 0 Å². The minimum Gasteiger partial charge on any atom is -0.335 e. The molecule has 0 amide bonds. The number of nitrogens with zero attached hydrogens (tertiary/aromatic N) is 4. The second-order valence-electron chi connectivity index (χ2n) is 8.06. The summed E-state index contributed by atoms with van der Waals surface area (Å²) in [5.41, 5.74) is 9.33. The molecule has 7 nitrogen and oxygen atoms in total. The molecule has 2 aliphatic rings. The molecular formula is C19H24ClN5O2. The predicted octanol–water partition coefficient (Wildman–Crippen LogP) is 4.42. The summed E-state index contributed by atoms with van der Waals surface area (Å²) in [6.07, 6.45) is 6.32. The van der Waals surface area contributed by atoms with Gasteiger partial charge in [-0.05, 0) is 37.7 Å². The smallest absolute Gasteiger partial charge is 0.259 e. The van der Waals surface area contributed by atoms with Gasteiger partial charge in [-0.3, -0.25) is 0 Å². The third kappa shape index (κ3) is 3.02. The molecule has 27 heavy (non-hydrogen) atoms. The first kappa shape index (κ1) is 18.4. The van der Waals surface area contributed by atoms with Crippen LogP contribution in [0.1, 0.15) is 81.4 Å². The zero-order valence-electron chi connectivity index (χ0n) is 15.6. The monoisotopic (exact) mass is 389 g/mol. The Morgan fingerprint density at radius 3 is 2.52 bits per heavy atom. The standard InChI is InChI=1S/C19H23N5O2.ClH/c1-10(2)15-14-12(9-13(11-5-6-11)21-17(14)26-23-15)16-22-18(24-25-16)19(20)7-3-4-8-19;/h9-11H,3-8,20H2,1-2H3;1H. The number of halogens is 1. The van der Waals surface area contributed by atoms with Crippen LogP contribution in [0.15, 0.2) is 15.1 Å². The average molecular weight is 390 g/mol. The number of pyridine rings is 1. The van der Waals surface area contributed by atoms with Gasteiger partial charge in [-0.25, -0.2) is 4.98 Å². The molecule has 144 valence electrons. The summed E-state index contributed by atoms with van der Waals surface area (Å²) in [6, 6.07) is 2.07. The Labute approximate surface area is 163 Å². The Balaban J connectivity index is 0.00000180. The highest BCUT2D eigenvalue weighted by Crippen LogP contribution is 2.43. The molecule has 0 unspecified atom stereocenters. The van der Waals surface area contributed by atoms with Crippen molar-refractivity contribution in [1.82, 2.24) is 20.3 Å². The lowest BCUT2D eigenvalue weighted by atomic mass is 9.98. The van der Waals surface area contributed by atoms with Gasteiger partial charge in [0.1, 0.15) is 0 Å². The summed E-state index contributed by atoms with van der Waals surface area (Å²) >= 11 is 0. The summed E-state index contributed by atoms with van der Waals surface area (Å²) in [5, 5.41) is 9.34. The first-order valence-electron chi connectivity index (χ1n) is 9.49. The van der Waals surface area contributed by atoms with Crippen LogP contribution in [0.25, 0.3) is 22.6 Å². The van der Waals surface area contributed by atoms with Gasteiger partial charge in [-0.15, -0.1) is 12.4 Å². The molecule has 3 heterocycles. The quantitative estimate of drug-likeness (QED) is 0.703. The molecule has 0 saturated heterocycles. The zero-order valence-corrected chi connectivity index (χ0v) is 16.4. The molecule has 3 aromatic rings. The molecule has 2 aliphatic carbocycles. The van der Waals surface area contributed by atoms with E-state index < -0.39 is 5.54 Å². The largest absolute Gasteiger partial charge is 0.335 e. The van der Waals surface area contributed by atoms with E-state index in [0.717, 1.165) is 60.9 Å². The van der Waals surface area contributed by atoms with Gasteiger partial charge < -0.3 is 14.8 Å². The van der Waals surface area contributed by atoms with E-state index in [1.807, 2.05) is 0 Å². The van der Waals surface area contributed by atoms with Gasteiger partial charge in [0.05, 0.1) is 22.2 Å². The highest BCUT2D eigenvalue weighted by Gasteiger charge is 2.37. The van der Waals surface area contributed by atoms with Crippen LogP contribution in [0, 0.1) is 0 Å². The molecule has 5 rings (SSSR count). The molecular weight excluding hydrogens is 366 g/mol. The van der Waals surface area contributed by atoms with Crippen LogP contribution in [-0.2, 0) is 5.54 Å². The summed E-state index contributed by atoms with van der Waals surface area (Å²) in [5.74, 6) is 1.78. The molecule has 2 saturated carbocycles. The molecule has 0 bridgehead atoms. The number of hydrogen-bond donors (Lipinski definition) is 1. The van der Waals surface area contributed by atoms with Crippen molar-refractivity contribution in [2.45, 2.75) is 69.7 Å². The third-order valence-corrected chi connectivity index (χ3v) is 5.63. The van der Waals surface area contributed by atoms with Crippen LogP contribution >= 0.6 is 12.4 Å². The second kappa shape index (κ2) is 6.56. The van der Waals surface area contributed by atoms with E-state index >= 15 is 0 Å². The number of fused-ring (bicyclic) bond motifs is 1. The number of nitrogens with two attached hydrogens (primary N) is 1. The van der Waals surface area contributed by atoms with E-state index in [2.05, 4.69) is 40.2 Å². The van der Waals surface area contributed by atoms with E-state index in [1.165, 1.54) is 0 Å². The van der Waals surface area contributed by atoms with Gasteiger partial charge in [0.2, 0.25) is 0 Å². The van der Waals surface area contributed by atoms with Crippen molar-refractivity contribution < 1.29 is 9.05 Å². The van der Waals surface area contributed by atoms with E-state index in [0.29, 0.717) is 23.3 Å². The predicted molar refractivity (Wildman–Crippen MR) is 103 cm³/mol. The number of rotatable bonds is 4. The summed E-state index contributed by atoms with van der Waals surface area (Å²) in [7, 11) is 0. The van der Waals surface area contributed by atoms with Gasteiger partial charge in [0.25, 0.3) is 11.6 Å².